The van der Waals surface area contributed by atoms with Gasteiger partial charge in [-0.1, -0.05) is 30.9 Å². The first-order valence-electron chi connectivity index (χ1n) is 20.5. The van der Waals surface area contributed by atoms with Crippen LogP contribution in [0.25, 0.3) is 0 Å². The molecular weight excluding hydrogens is 776 g/mol. The Bertz CT molecular complexity index is 1370. The number of nitrogens with zero attached hydrogens (tertiary/aromatic N) is 1. The van der Waals surface area contributed by atoms with E-state index in [0.29, 0.717) is 109 Å². The maximum atomic E-state index is 13.2. The van der Waals surface area contributed by atoms with Crippen molar-refractivity contribution in [2.45, 2.75) is 88.3 Å². The highest BCUT2D eigenvalue weighted by molar-refractivity contribution is 6.39. The number of benzene rings is 1. The van der Waals surface area contributed by atoms with Crippen LogP contribution in [-0.4, -0.2) is 151 Å². The Morgan fingerprint density at radius 1 is 0.828 bits per heavy atom. The van der Waals surface area contributed by atoms with E-state index in [0.717, 1.165) is 32.1 Å². The zero-order valence-corrected chi connectivity index (χ0v) is 34.8. The summed E-state index contributed by atoms with van der Waals surface area (Å²) in [5, 5.41) is 11.7. The molecule has 1 aromatic rings. The molecule has 1 aromatic carbocycles. The number of nitrogens with one attached hydrogen (secondary N) is 4. The van der Waals surface area contributed by atoms with Gasteiger partial charge < -0.3 is 55.4 Å². The fraction of sp³-hybridized carbons (Fsp3) is 0.725. The van der Waals surface area contributed by atoms with E-state index in [2.05, 4.69) is 26.2 Å². The number of carbonyl (C=O) groups is 5. The maximum absolute atomic E-state index is 13.2. The molecule has 1 aliphatic carbocycles. The van der Waals surface area contributed by atoms with Crippen LogP contribution >= 0.6 is 11.6 Å². The van der Waals surface area contributed by atoms with E-state index >= 15 is 0 Å². The number of nitrogens with two attached hydrogens (primary N) is 1. The number of likely N-dealkylation sites (tertiary alicyclic amines) is 1. The minimum absolute atomic E-state index is 0.0872. The number of rotatable bonds is 28. The SMILES string of the molecule is COCCOCCOCCOCCOCCNC(=O)CCC(=O)OC(CCCN)C(=O)NCCN1CCC(NC(=O)C(=O)Nc2ccc(Cl)cc2)CC12CCCCC2. The van der Waals surface area contributed by atoms with Gasteiger partial charge in [0.15, 0.2) is 6.10 Å². The van der Waals surface area contributed by atoms with Crippen LogP contribution in [0.5, 0.6) is 0 Å². The Labute approximate surface area is 347 Å². The number of halogens is 1. The van der Waals surface area contributed by atoms with Gasteiger partial charge in [-0.2, -0.15) is 0 Å². The van der Waals surface area contributed by atoms with Crippen LogP contribution in [0.3, 0.4) is 0 Å². The normalized spacial score (nSPS) is 17.0. The summed E-state index contributed by atoms with van der Waals surface area (Å²) in [5.74, 6) is -2.79. The largest absolute Gasteiger partial charge is 0.452 e. The molecule has 2 unspecified atom stereocenters. The van der Waals surface area contributed by atoms with Crippen LogP contribution < -0.4 is 27.0 Å². The van der Waals surface area contributed by atoms with E-state index in [1.54, 1.807) is 31.4 Å². The number of ether oxygens (including phenoxy) is 6. The second-order valence-corrected chi connectivity index (χ2v) is 14.8. The van der Waals surface area contributed by atoms with Crippen molar-refractivity contribution in [2.75, 3.05) is 105 Å². The number of piperidine rings is 1. The summed E-state index contributed by atoms with van der Waals surface area (Å²) in [6, 6.07) is 6.39. The number of carbonyl (C=O) groups excluding carboxylic acids is 5. The molecule has 1 heterocycles. The van der Waals surface area contributed by atoms with Crippen molar-refractivity contribution < 1.29 is 52.4 Å². The molecule has 2 fully saturated rings. The molecule has 328 valence electrons. The van der Waals surface area contributed by atoms with Gasteiger partial charge in [-0.15, -0.1) is 0 Å². The van der Waals surface area contributed by atoms with Gasteiger partial charge in [0.2, 0.25) is 5.91 Å². The van der Waals surface area contributed by atoms with Crippen molar-refractivity contribution in [3.8, 4) is 0 Å². The summed E-state index contributed by atoms with van der Waals surface area (Å²) >= 11 is 5.92. The minimum atomic E-state index is -1.02. The lowest BCUT2D eigenvalue weighted by Gasteiger charge is -2.52. The first kappa shape index (κ1) is 48.9. The van der Waals surface area contributed by atoms with Crippen LogP contribution in [0.4, 0.5) is 5.69 Å². The molecule has 0 radical (unpaired) electrons. The van der Waals surface area contributed by atoms with Crippen LogP contribution in [0.2, 0.25) is 5.02 Å². The van der Waals surface area contributed by atoms with Gasteiger partial charge in [0.25, 0.3) is 5.91 Å². The zero-order valence-electron chi connectivity index (χ0n) is 34.0. The molecular formula is C40H65ClN6O11. The van der Waals surface area contributed by atoms with Crippen LogP contribution in [-0.2, 0) is 52.4 Å². The summed E-state index contributed by atoms with van der Waals surface area (Å²) < 4.78 is 32.0. The third kappa shape index (κ3) is 19.6. The van der Waals surface area contributed by atoms with E-state index in [9.17, 15) is 24.0 Å². The summed E-state index contributed by atoms with van der Waals surface area (Å²) in [6.07, 6.45) is 6.00. The van der Waals surface area contributed by atoms with Crippen LogP contribution in [0, 0.1) is 0 Å². The number of amides is 4. The van der Waals surface area contributed by atoms with E-state index in [1.807, 2.05) is 0 Å². The van der Waals surface area contributed by atoms with E-state index < -0.39 is 29.8 Å². The lowest BCUT2D eigenvalue weighted by atomic mass is 9.73. The van der Waals surface area contributed by atoms with E-state index in [-0.39, 0.29) is 49.9 Å². The van der Waals surface area contributed by atoms with Gasteiger partial charge in [0.05, 0.1) is 65.9 Å². The van der Waals surface area contributed by atoms with Crippen molar-refractivity contribution in [2.24, 2.45) is 5.73 Å². The number of hydrogen-bond acceptors (Lipinski definition) is 13. The first-order chi connectivity index (χ1) is 28.2. The highest BCUT2D eigenvalue weighted by atomic mass is 35.5. The first-order valence-corrected chi connectivity index (χ1v) is 20.9. The highest BCUT2D eigenvalue weighted by Gasteiger charge is 2.43. The highest BCUT2D eigenvalue weighted by Crippen LogP contribution is 2.40. The lowest BCUT2D eigenvalue weighted by Crippen LogP contribution is -2.60. The Morgan fingerprint density at radius 3 is 2.10 bits per heavy atom. The monoisotopic (exact) mass is 840 g/mol. The zero-order chi connectivity index (χ0) is 41.9. The Morgan fingerprint density at radius 2 is 1.47 bits per heavy atom. The number of esters is 1. The number of methoxy groups -OCH3 is 1. The smallest absolute Gasteiger partial charge is 0.313 e. The molecule has 2 atom stereocenters. The van der Waals surface area contributed by atoms with Crippen molar-refractivity contribution in [1.29, 1.82) is 0 Å². The average Bonchev–Trinajstić information content (AvgIpc) is 3.22. The summed E-state index contributed by atoms with van der Waals surface area (Å²) in [6.45, 7) is 6.22. The minimum Gasteiger partial charge on any atom is -0.452 e. The maximum Gasteiger partial charge on any atom is 0.313 e. The van der Waals surface area contributed by atoms with Crippen molar-refractivity contribution in [1.82, 2.24) is 20.9 Å². The standard InChI is InChI=1S/C40H65ClN6O11/c1-53-22-23-55-26-27-57-29-28-56-25-24-54-21-18-43-35(48)11-12-36(49)58-34(6-5-16-42)37(50)44-17-20-47-19-13-33(30-40(47)14-3-2-4-15-40)46-39(52)38(51)45-32-9-7-31(41)8-10-32/h7-10,33-34H,2-6,11-30,42H2,1H3,(H,43,48)(H,44,50)(H,45,51)(H,46,52). The molecule has 1 aliphatic heterocycles. The van der Waals surface area contributed by atoms with Crippen LogP contribution in [0.15, 0.2) is 24.3 Å². The Hall–Kier alpha value is -3.42. The van der Waals surface area contributed by atoms with Gasteiger partial charge in [-0.05, 0) is 69.3 Å². The fourth-order valence-corrected chi connectivity index (χ4v) is 7.20. The Kier molecular flexibility index (Phi) is 24.4. The summed E-state index contributed by atoms with van der Waals surface area (Å²) in [4.78, 5) is 66.0. The molecule has 3 rings (SSSR count). The molecule has 0 aromatic heterocycles. The predicted octanol–water partition coefficient (Wildman–Crippen LogP) is 1.94. The summed E-state index contributed by atoms with van der Waals surface area (Å²) in [5.41, 5.74) is 6.02. The van der Waals surface area contributed by atoms with Crippen molar-refractivity contribution >= 4 is 46.9 Å². The molecule has 0 bridgehead atoms. The third-order valence-electron chi connectivity index (χ3n) is 10.1. The fourth-order valence-electron chi connectivity index (χ4n) is 7.08. The molecule has 6 N–H and O–H groups in total. The van der Waals surface area contributed by atoms with Crippen molar-refractivity contribution in [3.63, 3.8) is 0 Å². The Balaban J connectivity index is 1.31. The lowest BCUT2D eigenvalue weighted by molar-refractivity contribution is -0.157. The number of hydrogen-bond donors (Lipinski definition) is 5. The quantitative estimate of drug-likeness (QED) is 0.0464. The molecule has 2 aliphatic rings. The molecule has 4 amide bonds. The van der Waals surface area contributed by atoms with Gasteiger partial charge in [0.1, 0.15) is 0 Å². The van der Waals surface area contributed by atoms with Gasteiger partial charge >= 0.3 is 17.8 Å². The molecule has 1 saturated heterocycles. The molecule has 58 heavy (non-hydrogen) atoms. The van der Waals surface area contributed by atoms with Crippen LogP contribution in [0.1, 0.15) is 70.6 Å². The second kappa shape index (κ2) is 28.9. The van der Waals surface area contributed by atoms with Crippen molar-refractivity contribution in [3.05, 3.63) is 29.3 Å². The topological polar surface area (TPSA) is 218 Å². The summed E-state index contributed by atoms with van der Waals surface area (Å²) in [7, 11) is 1.62. The van der Waals surface area contributed by atoms with E-state index in [4.69, 9.17) is 45.8 Å². The predicted molar refractivity (Wildman–Crippen MR) is 217 cm³/mol. The molecule has 18 heteroatoms. The average molecular weight is 841 g/mol. The van der Waals surface area contributed by atoms with E-state index in [1.165, 1.54) is 0 Å². The molecule has 17 nitrogen and oxygen atoms in total. The van der Waals surface area contributed by atoms with Gasteiger partial charge in [-0.3, -0.25) is 28.9 Å². The van der Waals surface area contributed by atoms with Gasteiger partial charge in [0, 0.05) is 62.0 Å². The van der Waals surface area contributed by atoms with Gasteiger partial charge in [-0.25, -0.2) is 0 Å². The third-order valence-corrected chi connectivity index (χ3v) is 10.3. The molecule has 1 saturated carbocycles. The number of anilines is 1. The molecule has 1 spiro atoms. The second-order valence-electron chi connectivity index (χ2n) is 14.4.